The summed E-state index contributed by atoms with van der Waals surface area (Å²) in [6.07, 6.45) is 6.89. The fourth-order valence-corrected chi connectivity index (χ4v) is 3.46. The van der Waals surface area contributed by atoms with Gasteiger partial charge in [-0.3, -0.25) is 4.79 Å². The molecule has 0 aliphatic heterocycles. The Balaban J connectivity index is 0.00000280. The molecule has 0 radical (unpaired) electrons. The van der Waals surface area contributed by atoms with E-state index >= 15 is 0 Å². The topological polar surface area (TPSA) is 73.6 Å². The summed E-state index contributed by atoms with van der Waals surface area (Å²) in [5, 5.41) is 3.08. The largest absolute Gasteiger partial charge is 0.493 e. The number of aryl methyl sites for hydroxylation is 1. The zero-order valence-corrected chi connectivity index (χ0v) is 17.1. The summed E-state index contributed by atoms with van der Waals surface area (Å²) in [7, 11) is 1.59. The fourth-order valence-electron chi connectivity index (χ4n) is 3.46. The molecule has 0 bridgehead atoms. The lowest BCUT2D eigenvalue weighted by Gasteiger charge is -2.26. The van der Waals surface area contributed by atoms with Crippen molar-refractivity contribution >= 4 is 30.1 Å². The number of nitrogen functional groups attached to an aromatic ring is 1. The first kappa shape index (κ1) is 21.6. The van der Waals surface area contributed by atoms with Gasteiger partial charge in [-0.15, -0.1) is 12.4 Å². The van der Waals surface area contributed by atoms with E-state index < -0.39 is 0 Å². The van der Waals surface area contributed by atoms with Crippen LogP contribution in [-0.4, -0.2) is 19.6 Å². The number of carbonyl (C=O) groups is 1. The highest BCUT2D eigenvalue weighted by molar-refractivity contribution is 5.85. The second-order valence-electron chi connectivity index (χ2n) is 6.67. The van der Waals surface area contributed by atoms with Gasteiger partial charge in [0, 0.05) is 5.69 Å². The zero-order valence-electron chi connectivity index (χ0n) is 16.2. The third kappa shape index (κ3) is 5.20. The van der Waals surface area contributed by atoms with E-state index in [0.717, 1.165) is 36.1 Å². The van der Waals surface area contributed by atoms with E-state index in [-0.39, 0.29) is 31.0 Å². The molecule has 1 amide bonds. The second-order valence-corrected chi connectivity index (χ2v) is 6.67. The standard InChI is InChI=1S/C22H26N2O3.ClH/c1-3-5-15-8-11-20(21(12-15)26-2)27-14-22(25)24-19-7-4-6-16-13-17(23)9-10-18(16)19;/h3,5,8-13,19H,4,6-7,14,23H2,1-2H3,(H,24,25);1H/b5-3+;. The first-order valence-corrected chi connectivity index (χ1v) is 9.22. The van der Waals surface area contributed by atoms with E-state index in [0.29, 0.717) is 11.5 Å². The molecule has 0 aromatic heterocycles. The van der Waals surface area contributed by atoms with Gasteiger partial charge in [-0.05, 0) is 67.1 Å². The van der Waals surface area contributed by atoms with Crippen molar-refractivity contribution in [3.8, 4) is 11.5 Å². The highest BCUT2D eigenvalue weighted by Crippen LogP contribution is 2.31. The second kappa shape index (κ2) is 10.0. The molecule has 28 heavy (non-hydrogen) atoms. The van der Waals surface area contributed by atoms with Crippen LogP contribution in [0.15, 0.2) is 42.5 Å². The predicted molar refractivity (Wildman–Crippen MR) is 115 cm³/mol. The number of hydrogen-bond acceptors (Lipinski definition) is 4. The molecule has 1 unspecified atom stereocenters. The van der Waals surface area contributed by atoms with Crippen molar-refractivity contribution in [1.82, 2.24) is 5.32 Å². The minimum atomic E-state index is -0.149. The molecule has 1 atom stereocenters. The average Bonchev–Trinajstić information content (AvgIpc) is 2.67. The number of nitrogens with two attached hydrogens (primary N) is 1. The van der Waals surface area contributed by atoms with Crippen LogP contribution < -0.4 is 20.5 Å². The molecule has 0 spiro atoms. The van der Waals surface area contributed by atoms with Crippen LogP contribution in [-0.2, 0) is 11.2 Å². The van der Waals surface area contributed by atoms with Crippen molar-refractivity contribution in [2.45, 2.75) is 32.2 Å². The lowest BCUT2D eigenvalue weighted by molar-refractivity contribution is -0.124. The van der Waals surface area contributed by atoms with E-state index in [4.69, 9.17) is 15.2 Å². The third-order valence-corrected chi connectivity index (χ3v) is 4.72. The van der Waals surface area contributed by atoms with E-state index in [1.54, 1.807) is 7.11 Å². The lowest BCUT2D eigenvalue weighted by Crippen LogP contribution is -2.34. The van der Waals surface area contributed by atoms with Crippen molar-refractivity contribution in [3.05, 3.63) is 59.2 Å². The Kier molecular flexibility index (Phi) is 7.76. The molecular weight excluding hydrogens is 376 g/mol. The summed E-state index contributed by atoms with van der Waals surface area (Å²) in [5.74, 6) is 1.01. The molecule has 6 heteroatoms. The van der Waals surface area contributed by atoms with Gasteiger partial charge in [0.25, 0.3) is 5.91 Å². The smallest absolute Gasteiger partial charge is 0.258 e. The third-order valence-electron chi connectivity index (χ3n) is 4.72. The molecule has 0 fully saturated rings. The molecule has 3 N–H and O–H groups in total. The fraction of sp³-hybridized carbons (Fsp3) is 0.318. The molecule has 2 aromatic carbocycles. The molecular formula is C22H27ClN2O3. The van der Waals surface area contributed by atoms with Crippen molar-refractivity contribution in [2.24, 2.45) is 0 Å². The molecule has 2 aromatic rings. The van der Waals surface area contributed by atoms with E-state index in [2.05, 4.69) is 5.32 Å². The van der Waals surface area contributed by atoms with Crippen LogP contribution in [0.4, 0.5) is 5.69 Å². The summed E-state index contributed by atoms with van der Waals surface area (Å²) >= 11 is 0. The molecule has 5 nitrogen and oxygen atoms in total. The van der Waals surface area contributed by atoms with E-state index in [1.807, 2.05) is 55.5 Å². The number of ether oxygens (including phenoxy) is 2. The number of fused-ring (bicyclic) bond motifs is 1. The van der Waals surface area contributed by atoms with Gasteiger partial charge in [-0.25, -0.2) is 0 Å². The first-order valence-electron chi connectivity index (χ1n) is 9.22. The number of hydrogen-bond donors (Lipinski definition) is 2. The van der Waals surface area contributed by atoms with Crippen LogP contribution in [0, 0.1) is 0 Å². The first-order chi connectivity index (χ1) is 13.1. The highest BCUT2D eigenvalue weighted by atomic mass is 35.5. The van der Waals surface area contributed by atoms with Crippen LogP contribution >= 0.6 is 12.4 Å². The molecule has 0 saturated heterocycles. The number of amides is 1. The minimum absolute atomic E-state index is 0. The van der Waals surface area contributed by atoms with E-state index in [1.165, 1.54) is 5.56 Å². The number of carbonyl (C=O) groups excluding carboxylic acids is 1. The Morgan fingerprint density at radius 3 is 2.82 bits per heavy atom. The SMILES string of the molecule is C/C=C/c1ccc(OCC(=O)NC2CCCc3cc(N)ccc32)c(OC)c1.Cl. The summed E-state index contributed by atoms with van der Waals surface area (Å²) in [6, 6.07) is 11.5. The number of halogens is 1. The van der Waals surface area contributed by atoms with Gasteiger partial charge in [0.05, 0.1) is 13.2 Å². The van der Waals surface area contributed by atoms with Crippen molar-refractivity contribution in [2.75, 3.05) is 19.5 Å². The average molecular weight is 403 g/mol. The van der Waals surface area contributed by atoms with Crippen LogP contribution in [0.25, 0.3) is 6.08 Å². The number of anilines is 1. The van der Waals surface area contributed by atoms with Crippen LogP contribution in [0.2, 0.25) is 0 Å². The van der Waals surface area contributed by atoms with Crippen molar-refractivity contribution < 1.29 is 14.3 Å². The molecule has 0 saturated carbocycles. The van der Waals surface area contributed by atoms with Gasteiger partial charge in [0.2, 0.25) is 0 Å². The van der Waals surface area contributed by atoms with E-state index in [9.17, 15) is 4.79 Å². The van der Waals surface area contributed by atoms with Crippen LogP contribution in [0.3, 0.4) is 0 Å². The molecule has 0 heterocycles. The lowest BCUT2D eigenvalue weighted by atomic mass is 9.87. The Morgan fingerprint density at radius 2 is 2.07 bits per heavy atom. The molecule has 3 rings (SSSR count). The Bertz CT molecular complexity index is 852. The molecule has 1 aliphatic carbocycles. The normalized spacial score (nSPS) is 15.4. The molecule has 150 valence electrons. The van der Waals surface area contributed by atoms with Crippen LogP contribution in [0.5, 0.6) is 11.5 Å². The van der Waals surface area contributed by atoms with Crippen molar-refractivity contribution in [3.63, 3.8) is 0 Å². The zero-order chi connectivity index (χ0) is 19.2. The van der Waals surface area contributed by atoms with Crippen molar-refractivity contribution in [1.29, 1.82) is 0 Å². The van der Waals surface area contributed by atoms with Gasteiger partial charge in [0.1, 0.15) is 0 Å². The number of rotatable bonds is 6. The Hall–Kier alpha value is -2.66. The van der Waals surface area contributed by atoms with Gasteiger partial charge in [-0.2, -0.15) is 0 Å². The quantitative estimate of drug-likeness (QED) is 0.706. The van der Waals surface area contributed by atoms with Gasteiger partial charge in [0.15, 0.2) is 18.1 Å². The Labute approximate surface area is 172 Å². The maximum atomic E-state index is 12.4. The maximum absolute atomic E-state index is 12.4. The molecule has 1 aliphatic rings. The Morgan fingerprint density at radius 1 is 1.25 bits per heavy atom. The minimum Gasteiger partial charge on any atom is -0.493 e. The monoisotopic (exact) mass is 402 g/mol. The highest BCUT2D eigenvalue weighted by Gasteiger charge is 2.22. The van der Waals surface area contributed by atoms with Gasteiger partial charge >= 0.3 is 0 Å². The summed E-state index contributed by atoms with van der Waals surface area (Å²) in [5.41, 5.74) is 10.0. The maximum Gasteiger partial charge on any atom is 0.258 e. The summed E-state index contributed by atoms with van der Waals surface area (Å²) < 4.78 is 11.1. The number of benzene rings is 2. The van der Waals surface area contributed by atoms with Gasteiger partial charge < -0.3 is 20.5 Å². The van der Waals surface area contributed by atoms with Crippen LogP contribution in [0.1, 0.15) is 42.5 Å². The summed E-state index contributed by atoms with van der Waals surface area (Å²) in [6.45, 7) is 1.90. The predicted octanol–water partition coefficient (Wildman–Crippen LogP) is 4.30. The number of methoxy groups -OCH3 is 1. The number of allylic oxidation sites excluding steroid dienone is 1. The summed E-state index contributed by atoms with van der Waals surface area (Å²) in [4.78, 5) is 12.4. The van der Waals surface area contributed by atoms with Gasteiger partial charge in [-0.1, -0.05) is 24.3 Å². The number of nitrogens with one attached hydrogen (secondary N) is 1.